The normalized spacial score (nSPS) is 10.8. The van der Waals surface area contributed by atoms with E-state index in [1.807, 2.05) is 0 Å². The quantitative estimate of drug-likeness (QED) is 0.0385. The fourth-order valence-corrected chi connectivity index (χ4v) is 10.7. The van der Waals surface area contributed by atoms with Gasteiger partial charge in [-0.05, 0) is 45.4 Å². The van der Waals surface area contributed by atoms with Crippen LogP contribution in [0, 0.1) is 0 Å². The molecule has 0 aromatic heterocycles. The fourth-order valence-electron chi connectivity index (χ4n) is 10.7. The minimum Gasteiger partial charge on any atom is -0.396 e. The Labute approximate surface area is 879 Å². The zero-order chi connectivity index (χ0) is 106. The average Bonchev–Trinajstić information content (AvgIpc) is 0.943. The van der Waals surface area contributed by atoms with Crippen LogP contribution in [0.25, 0.3) is 0 Å². The van der Waals surface area contributed by atoms with Gasteiger partial charge in [0.25, 0.3) is 0 Å². The minimum absolute atomic E-state index is 0. The summed E-state index contributed by atoms with van der Waals surface area (Å²) in [6.07, 6.45) is 9.65. The van der Waals surface area contributed by atoms with Crippen molar-refractivity contribution in [2.75, 3.05) is 270 Å². The van der Waals surface area contributed by atoms with E-state index in [0.717, 1.165) is 6.42 Å². The Morgan fingerprint density at radius 2 is 0.432 bits per heavy atom. The molecule has 49 heteroatoms. The predicted molar refractivity (Wildman–Crippen MR) is 556 cm³/mol. The highest BCUT2D eigenvalue weighted by Crippen LogP contribution is 2.12. The second-order valence-electron chi connectivity index (χ2n) is 30.9. The van der Waals surface area contributed by atoms with Crippen molar-refractivity contribution in [2.24, 2.45) is 11.5 Å². The molecule has 16 N–H and O–H groups in total. The summed E-state index contributed by atoms with van der Waals surface area (Å²) in [5.41, 5.74) is 10.8. The van der Waals surface area contributed by atoms with Crippen LogP contribution >= 0.6 is 0 Å². The van der Waals surface area contributed by atoms with Gasteiger partial charge in [-0.3, -0.25) is 91.1 Å². The molecule has 0 aromatic carbocycles. The Morgan fingerprint density at radius 1 is 0.216 bits per heavy atom. The molecule has 0 spiro atoms. The first-order valence-electron chi connectivity index (χ1n) is 48.1. The molecule has 0 aliphatic heterocycles. The Kier molecular flexibility index (Phi) is 132. The molecule has 3 atom stereocenters. The zero-order valence-electron chi connectivity index (χ0n) is 84.1. The van der Waals surface area contributed by atoms with Crippen LogP contribution in [0.1, 0.15) is 242 Å². The number of hydrogen-bond donors (Lipinski definition) is 14. The first-order chi connectivity index (χ1) is 67.8. The van der Waals surface area contributed by atoms with Crippen molar-refractivity contribution in [3.05, 3.63) is 0 Å². The van der Waals surface area contributed by atoms with E-state index in [0.29, 0.717) is 241 Å². The maximum Gasteiger partial charge on any atom is 0.246 e. The van der Waals surface area contributed by atoms with Gasteiger partial charge in [-0.2, -0.15) is 0 Å². The number of aliphatic hydroxyl groups is 2. The van der Waals surface area contributed by atoms with Crippen LogP contribution in [0.15, 0.2) is 0 Å². The van der Waals surface area contributed by atoms with Gasteiger partial charge in [0.1, 0.15) is 77.3 Å². The van der Waals surface area contributed by atoms with Gasteiger partial charge in [0.2, 0.25) is 70.9 Å². The van der Waals surface area contributed by atoms with Gasteiger partial charge >= 0.3 is 0 Å². The predicted octanol–water partition coefficient (Wildman–Crippen LogP) is 1.59. The van der Waals surface area contributed by atoms with Crippen LogP contribution in [-0.2, 0) is 167 Å². The molecule has 148 heavy (non-hydrogen) atoms. The molecule has 0 aliphatic carbocycles. The summed E-state index contributed by atoms with van der Waals surface area (Å²) in [5.74, 6) is -4.15. The third-order valence-corrected chi connectivity index (χ3v) is 18.4. The van der Waals surface area contributed by atoms with E-state index in [9.17, 15) is 91.1 Å². The molecule has 0 aliphatic rings. The lowest BCUT2D eigenvalue weighted by Crippen LogP contribution is -2.45. The summed E-state index contributed by atoms with van der Waals surface area (Å²) in [5, 5.41) is 43.1. The number of ketones is 7. The number of hydrogen-bond acceptors (Lipinski definition) is 37. The highest BCUT2D eigenvalue weighted by Gasteiger charge is 2.22. The van der Waals surface area contributed by atoms with E-state index in [1.165, 1.54) is 27.7 Å². The van der Waals surface area contributed by atoms with Gasteiger partial charge in [0.05, 0.1) is 171 Å². The van der Waals surface area contributed by atoms with Crippen LogP contribution in [-0.4, -0.2) is 410 Å². The largest absolute Gasteiger partial charge is 0.396 e. The zero-order valence-corrected chi connectivity index (χ0v) is 84.1. The molecule has 12 amide bonds. The molecule has 0 saturated carbocycles. The second-order valence-corrected chi connectivity index (χ2v) is 30.9. The van der Waals surface area contributed by atoms with Gasteiger partial charge in [-0.25, -0.2) is 0 Å². The minimum atomic E-state index is -0.857. The Bertz CT molecular complexity index is 3240. The highest BCUT2D eigenvalue weighted by molar-refractivity contribution is 5.89. The maximum atomic E-state index is 12.2. The molecular weight excluding hydrogens is 1950 g/mol. The van der Waals surface area contributed by atoms with E-state index in [2.05, 4.69) is 53.2 Å². The Balaban J connectivity index is -0.000000196. The van der Waals surface area contributed by atoms with Gasteiger partial charge in [0, 0.05) is 131 Å². The first-order valence-corrected chi connectivity index (χ1v) is 48.1. The van der Waals surface area contributed by atoms with Crippen LogP contribution in [0.3, 0.4) is 0 Å². The molecule has 0 rings (SSSR count). The van der Waals surface area contributed by atoms with Crippen LogP contribution in [0.4, 0.5) is 0 Å². The van der Waals surface area contributed by atoms with Gasteiger partial charge in [-0.1, -0.05) is 111 Å². The number of rotatable bonds is 97. The van der Waals surface area contributed by atoms with Crippen LogP contribution in [0.5, 0.6) is 0 Å². The molecule has 49 nitrogen and oxygen atoms in total. The third kappa shape index (κ3) is 125. The fraction of sp³-hybridized carbons (Fsp3) is 0.808. The summed E-state index contributed by atoms with van der Waals surface area (Å²) in [6.45, 7) is 19.3. The van der Waals surface area contributed by atoms with Gasteiger partial charge < -0.3 is 151 Å². The van der Waals surface area contributed by atoms with Crippen molar-refractivity contribution in [3.8, 4) is 0 Å². The first kappa shape index (κ1) is 161. The summed E-state index contributed by atoms with van der Waals surface area (Å²) < 4.78 is 83.6. The number of carbonyl (C=O) groups excluding carboxylic acids is 19. The second kappa shape index (κ2) is 121. The van der Waals surface area contributed by atoms with Crippen molar-refractivity contribution in [2.45, 2.75) is 260 Å². The summed E-state index contributed by atoms with van der Waals surface area (Å²) in [7, 11) is 0. The Morgan fingerprint density at radius 3 is 0.703 bits per heavy atom. The van der Waals surface area contributed by atoms with Crippen molar-refractivity contribution in [3.63, 3.8) is 0 Å². The van der Waals surface area contributed by atoms with Crippen molar-refractivity contribution in [1.82, 2.24) is 53.2 Å². The van der Waals surface area contributed by atoms with E-state index in [4.69, 9.17) is 97.5 Å². The maximum absolute atomic E-state index is 12.2. The lowest BCUT2D eigenvalue weighted by atomic mass is 10.0. The average molecular weight is 2140 g/mol. The number of Topliss-reactive ketones (excluding diaryl/α,β-unsaturated/α-hetero) is 7. The molecule has 0 saturated heterocycles. The molecular formula is C99H194N12O37. The smallest absolute Gasteiger partial charge is 0.246 e. The van der Waals surface area contributed by atoms with Crippen molar-refractivity contribution < 1.29 is 177 Å². The number of nitrogens with two attached hydrogens (primary N) is 2. The summed E-state index contributed by atoms with van der Waals surface area (Å²) >= 11 is 0. The number of unbranched alkanes of at least 4 members (excludes halogenated alkanes) is 6. The number of aliphatic hydroxyl groups excluding tert-OH is 2. The van der Waals surface area contributed by atoms with E-state index < -0.39 is 41.8 Å². The number of ether oxygens (including phenoxy) is 16. The monoisotopic (exact) mass is 2140 g/mol. The van der Waals surface area contributed by atoms with Gasteiger partial charge in [0.15, 0.2) is 34.7 Å². The lowest BCUT2D eigenvalue weighted by molar-refractivity contribution is -0.131. The molecule has 0 fully saturated rings. The topological polar surface area (TPSA) is 685 Å². The number of carbonyl (C=O) groups is 19. The van der Waals surface area contributed by atoms with E-state index in [1.54, 1.807) is 20.8 Å². The van der Waals surface area contributed by atoms with Gasteiger partial charge in [-0.15, -0.1) is 0 Å². The number of nitrogens with one attached hydrogen (secondary N) is 10. The number of primary amides is 2. The highest BCUT2D eigenvalue weighted by atomic mass is 16.6. The third-order valence-electron chi connectivity index (χ3n) is 18.4. The molecule has 0 heterocycles. The van der Waals surface area contributed by atoms with Crippen molar-refractivity contribution >= 4 is 111 Å². The molecule has 872 valence electrons. The standard InChI is InChI=1S/C35H62N6O13.C25H45N3O10.C21H38N2O9.C11H21NO5.7CH4/c1-26(42)38-14-17-50-19-21-53-24-32(46)40-30(34(36)48)11-7-3-5-9-28(44)13-16-52-23-29(45)10-6-4-8-12-31(35(37)49)41-33(47)25-54-22-20-51-18-15-39-27(2)43;1-20(30)23(28-25(34)19-38-17-15-35-12-9-26-21(2)31)7-5-3-4-6-22(32)18-37-16-14-36-13-10-27-24(33)8-11-29;1-3-18(24)15-31-13-11-28-9-6-22-20(26)5-8-30-17-21(27)23-7-10-29-12-14-32-16-19(25)4-2;1-2-10(14)9-17-8-7-16-6-4-12-11(15)3-5-13;;;;;;;/h30-31H,3-25H2,1-2H3,(H2,36,48)(H2,37,49)(H,38,42)(H,39,43)(H,40,46)(H,41,47);23,29H,3-19H2,1-2H3,(H,26,31)(H,27,33)(H,28,34);3-17H2,1-2H3,(H,22,26)(H,23,27);13H,2-9H2,1H3,(H,12,15);7*1H4. The number of amides is 12. The molecule has 3 unspecified atom stereocenters. The Hall–Kier alpha value is -9.39. The summed E-state index contributed by atoms with van der Waals surface area (Å²) in [6, 6.07) is -2.31. The molecule has 0 bridgehead atoms. The van der Waals surface area contributed by atoms with Crippen LogP contribution in [0.2, 0.25) is 0 Å². The summed E-state index contributed by atoms with van der Waals surface area (Å²) in [4.78, 5) is 218. The molecule has 0 radical (unpaired) electrons. The lowest BCUT2D eigenvalue weighted by Gasteiger charge is -2.16. The van der Waals surface area contributed by atoms with Crippen LogP contribution < -0.4 is 64.6 Å². The van der Waals surface area contributed by atoms with Crippen molar-refractivity contribution in [1.29, 1.82) is 0 Å². The van der Waals surface area contributed by atoms with E-state index in [-0.39, 0.29) is 304 Å². The molecule has 0 aromatic rings. The van der Waals surface area contributed by atoms with E-state index >= 15 is 0 Å². The SMILES string of the molecule is C.C.C.C.C.C.C.CC(=O)NCCOCCOCC(=O)NC(CCCCCC(=O)CCOCC(=O)CCCCCC(NC(=O)COCCOCCNC(C)=O)C(N)=O)C(N)=O.CC(=O)NCCOCCOCC(=O)NC(CCCCCC(=O)COCCOCCNC(=O)CCO)C(C)=O.CCC(=O)COCCOCCNC(=O)CCO.CCC(=O)COCCOCCNC(=O)CCOCC(=O)NCCOCCOCC(=O)CC.